The van der Waals surface area contributed by atoms with Gasteiger partial charge in [0.2, 0.25) is 5.91 Å². The number of amidine groups is 1. The predicted molar refractivity (Wildman–Crippen MR) is 93.6 cm³/mol. The maximum Gasteiger partial charge on any atom is 0.285 e. The molecular weight excluding hydrogens is 328 g/mol. The Morgan fingerprint density at radius 2 is 1.88 bits per heavy atom. The third-order valence-corrected chi connectivity index (χ3v) is 5.32. The van der Waals surface area contributed by atoms with E-state index in [-0.39, 0.29) is 17.3 Å². The molecule has 0 aromatic heterocycles. The molecule has 0 fully saturated rings. The fourth-order valence-corrected chi connectivity index (χ4v) is 3.85. The van der Waals surface area contributed by atoms with E-state index >= 15 is 0 Å². The molecule has 0 bridgehead atoms. The van der Waals surface area contributed by atoms with Gasteiger partial charge >= 0.3 is 0 Å². The maximum atomic E-state index is 12.1. The minimum Gasteiger partial charge on any atom is -0.353 e. The lowest BCUT2D eigenvalue weighted by molar-refractivity contribution is -0.121. The van der Waals surface area contributed by atoms with E-state index in [4.69, 9.17) is 0 Å². The van der Waals surface area contributed by atoms with Gasteiger partial charge in [-0.25, -0.2) is 0 Å². The van der Waals surface area contributed by atoms with Crippen LogP contribution in [0, 0.1) is 0 Å². The molecule has 1 heterocycles. The summed E-state index contributed by atoms with van der Waals surface area (Å²) in [6, 6.07) is 6.65. The zero-order valence-corrected chi connectivity index (χ0v) is 15.1. The predicted octanol–water partition coefficient (Wildman–Crippen LogP) is 0.525. The molecule has 2 rings (SSSR count). The molecule has 24 heavy (non-hydrogen) atoms. The number of amides is 1. The lowest BCUT2D eigenvalue weighted by Gasteiger charge is -2.20. The van der Waals surface area contributed by atoms with E-state index in [1.165, 1.54) is 6.07 Å². The molecule has 0 saturated heterocycles. The zero-order chi connectivity index (χ0) is 17.7. The largest absolute Gasteiger partial charge is 0.353 e. The highest BCUT2D eigenvalue weighted by Crippen LogP contribution is 2.26. The number of nitrogens with zero attached hydrogens (tertiary/aromatic N) is 3. The first-order chi connectivity index (χ1) is 11.4. The van der Waals surface area contributed by atoms with Crippen molar-refractivity contribution in [2.45, 2.75) is 18.7 Å². The third kappa shape index (κ3) is 4.12. The molecule has 0 radical (unpaired) electrons. The highest BCUT2D eigenvalue weighted by atomic mass is 32.2. The van der Waals surface area contributed by atoms with Gasteiger partial charge in [0.1, 0.15) is 4.90 Å². The Labute approximate surface area is 143 Å². The lowest BCUT2D eigenvalue weighted by Crippen LogP contribution is -2.41. The van der Waals surface area contributed by atoms with Gasteiger partial charge < -0.3 is 15.1 Å². The Kier molecular flexibility index (Phi) is 5.95. The van der Waals surface area contributed by atoms with Crippen molar-refractivity contribution in [3.8, 4) is 0 Å². The maximum absolute atomic E-state index is 12.1. The van der Waals surface area contributed by atoms with Gasteiger partial charge in [-0.1, -0.05) is 26.0 Å². The van der Waals surface area contributed by atoms with E-state index < -0.39 is 10.0 Å². The second-order valence-electron chi connectivity index (χ2n) is 5.62. The van der Waals surface area contributed by atoms with Crippen molar-refractivity contribution in [3.05, 3.63) is 29.8 Å². The molecule has 1 aliphatic rings. The fraction of sp³-hybridized carbons (Fsp3) is 0.500. The van der Waals surface area contributed by atoms with Crippen LogP contribution in [0.2, 0.25) is 0 Å². The molecule has 1 aliphatic heterocycles. The summed E-state index contributed by atoms with van der Waals surface area (Å²) >= 11 is 0. The van der Waals surface area contributed by atoms with Crippen LogP contribution in [0.1, 0.15) is 19.4 Å². The summed E-state index contributed by atoms with van der Waals surface area (Å²) in [7, 11) is -2.00. The van der Waals surface area contributed by atoms with Crippen molar-refractivity contribution in [1.29, 1.82) is 0 Å². The van der Waals surface area contributed by atoms with Crippen LogP contribution >= 0.6 is 0 Å². The Morgan fingerprint density at radius 3 is 2.54 bits per heavy atom. The monoisotopic (exact) mass is 352 g/mol. The first-order valence-electron chi connectivity index (χ1n) is 8.03. The first-order valence-corrected chi connectivity index (χ1v) is 9.47. The lowest BCUT2D eigenvalue weighted by atomic mass is 10.2. The molecular formula is C16H24N4O3S. The molecule has 132 valence electrons. The number of fused-ring (bicyclic) bond motifs is 1. The van der Waals surface area contributed by atoms with Crippen molar-refractivity contribution >= 4 is 21.8 Å². The number of hydrogen-bond acceptors (Lipinski definition) is 5. The van der Waals surface area contributed by atoms with E-state index in [0.29, 0.717) is 17.9 Å². The molecule has 0 spiro atoms. The van der Waals surface area contributed by atoms with Crippen molar-refractivity contribution in [1.82, 2.24) is 15.1 Å². The van der Waals surface area contributed by atoms with Gasteiger partial charge in [0.05, 0.1) is 6.54 Å². The van der Waals surface area contributed by atoms with Crippen molar-refractivity contribution < 1.29 is 13.2 Å². The van der Waals surface area contributed by atoms with E-state index in [1.54, 1.807) is 30.1 Å². The first kappa shape index (κ1) is 18.4. The smallest absolute Gasteiger partial charge is 0.285 e. The number of nitrogens with one attached hydrogen (secondary N) is 1. The second-order valence-corrected chi connectivity index (χ2v) is 7.19. The third-order valence-electron chi connectivity index (χ3n) is 4.00. The summed E-state index contributed by atoms with van der Waals surface area (Å²) in [5.41, 5.74) is 0.538. The summed E-state index contributed by atoms with van der Waals surface area (Å²) in [6.07, 6.45) is 0. The molecule has 1 aromatic rings. The number of rotatable bonds is 7. The van der Waals surface area contributed by atoms with Crippen molar-refractivity contribution in [2.75, 3.05) is 39.8 Å². The van der Waals surface area contributed by atoms with Crippen LogP contribution in [-0.2, 0) is 14.8 Å². The Hall–Kier alpha value is -1.93. The molecule has 0 atom stereocenters. The Bertz CT molecular complexity index is 727. The average Bonchev–Trinajstić information content (AvgIpc) is 2.84. The molecule has 7 nitrogen and oxygen atoms in total. The summed E-state index contributed by atoms with van der Waals surface area (Å²) in [6.45, 7) is 7.46. The van der Waals surface area contributed by atoms with Crippen molar-refractivity contribution in [3.63, 3.8) is 0 Å². The summed E-state index contributed by atoms with van der Waals surface area (Å²) in [5, 5.41) is 2.85. The molecule has 8 heteroatoms. The van der Waals surface area contributed by atoms with Gasteiger partial charge in [-0.15, -0.1) is 4.40 Å². The fourth-order valence-electron chi connectivity index (χ4n) is 2.60. The van der Waals surface area contributed by atoms with E-state index in [1.807, 2.05) is 0 Å². The zero-order valence-electron chi connectivity index (χ0n) is 14.3. The second kappa shape index (κ2) is 7.76. The van der Waals surface area contributed by atoms with Crippen LogP contribution in [0.3, 0.4) is 0 Å². The quantitative estimate of drug-likeness (QED) is 0.774. The van der Waals surface area contributed by atoms with E-state index in [2.05, 4.69) is 28.5 Å². The van der Waals surface area contributed by atoms with Crippen LogP contribution in [-0.4, -0.2) is 69.7 Å². The number of carbonyl (C=O) groups is 1. The van der Waals surface area contributed by atoms with E-state index in [0.717, 1.165) is 19.6 Å². The summed E-state index contributed by atoms with van der Waals surface area (Å²) in [4.78, 5) is 16.0. The number of hydrogen-bond donors (Lipinski definition) is 1. The minimum atomic E-state index is -3.66. The number of carbonyl (C=O) groups excluding carboxylic acids is 1. The Morgan fingerprint density at radius 1 is 1.21 bits per heavy atom. The highest BCUT2D eigenvalue weighted by molar-refractivity contribution is 7.90. The standard InChI is InChI=1S/C16H24N4O3S/c1-4-20(5-2)11-10-17-15(21)12-19(3)16-13-8-6-7-9-14(13)24(22,23)18-16/h6-9H,4-5,10-12H2,1-3H3,(H,17,21). The van der Waals surface area contributed by atoms with Crippen LogP contribution in [0.5, 0.6) is 0 Å². The minimum absolute atomic E-state index is 0.0565. The van der Waals surface area contributed by atoms with Gasteiger partial charge in [0.15, 0.2) is 5.84 Å². The molecule has 0 unspecified atom stereocenters. The molecule has 1 N–H and O–H groups in total. The van der Waals surface area contributed by atoms with Crippen LogP contribution in [0.4, 0.5) is 0 Å². The molecule has 1 amide bonds. The normalized spacial score (nSPS) is 15.1. The van der Waals surface area contributed by atoms with Gasteiger partial charge in [-0.05, 0) is 25.2 Å². The number of benzene rings is 1. The molecule has 1 aromatic carbocycles. The highest BCUT2D eigenvalue weighted by Gasteiger charge is 2.30. The Balaban J connectivity index is 1.96. The molecule has 0 aliphatic carbocycles. The van der Waals surface area contributed by atoms with Gasteiger partial charge in [0, 0.05) is 25.7 Å². The topological polar surface area (TPSA) is 82.1 Å². The van der Waals surface area contributed by atoms with Crippen LogP contribution in [0.25, 0.3) is 0 Å². The summed E-state index contributed by atoms with van der Waals surface area (Å²) < 4.78 is 27.9. The molecule has 0 saturated carbocycles. The average molecular weight is 352 g/mol. The van der Waals surface area contributed by atoms with E-state index in [9.17, 15) is 13.2 Å². The van der Waals surface area contributed by atoms with Gasteiger partial charge in [0.25, 0.3) is 10.0 Å². The summed E-state index contributed by atoms with van der Waals surface area (Å²) in [5.74, 6) is 0.152. The van der Waals surface area contributed by atoms with Crippen LogP contribution < -0.4 is 5.32 Å². The van der Waals surface area contributed by atoms with Gasteiger partial charge in [-0.3, -0.25) is 4.79 Å². The number of likely N-dealkylation sites (N-methyl/N-ethyl adjacent to an activating group) is 2. The van der Waals surface area contributed by atoms with Crippen molar-refractivity contribution in [2.24, 2.45) is 4.40 Å². The number of sulfonamides is 1. The van der Waals surface area contributed by atoms with Gasteiger partial charge in [-0.2, -0.15) is 8.42 Å². The van der Waals surface area contributed by atoms with Crippen LogP contribution in [0.15, 0.2) is 33.6 Å². The SMILES string of the molecule is CCN(CC)CCNC(=O)CN(C)C1=NS(=O)(=O)c2ccccc21.